The van der Waals surface area contributed by atoms with E-state index in [1.807, 2.05) is 19.1 Å². The van der Waals surface area contributed by atoms with E-state index in [0.717, 1.165) is 5.56 Å². The van der Waals surface area contributed by atoms with Crippen LogP contribution in [0.2, 0.25) is 5.02 Å². The van der Waals surface area contributed by atoms with Gasteiger partial charge in [0.2, 0.25) is 0 Å². The minimum atomic E-state index is -0.549. The van der Waals surface area contributed by atoms with Gasteiger partial charge in [-0.15, -0.1) is 0 Å². The van der Waals surface area contributed by atoms with Gasteiger partial charge in [0.25, 0.3) is 5.91 Å². The van der Waals surface area contributed by atoms with Gasteiger partial charge in [-0.1, -0.05) is 29.3 Å². The minimum Gasteiger partial charge on any atom is -0.465 e. The maximum absolute atomic E-state index is 12.1. The molecule has 0 aromatic heterocycles. The standard InChI is InChI=1S/C16H14ClNO3/c1-10-4-3-5-11(8-10)15(19)18-12-6-7-14(17)13(9-12)16(20)21-2/h3-9H,1-2H3,(H,18,19). The summed E-state index contributed by atoms with van der Waals surface area (Å²) in [7, 11) is 1.27. The Kier molecular flexibility index (Phi) is 4.60. The monoisotopic (exact) mass is 303 g/mol. The number of nitrogens with one attached hydrogen (secondary N) is 1. The first kappa shape index (κ1) is 15.1. The van der Waals surface area contributed by atoms with Crippen molar-refractivity contribution in [1.82, 2.24) is 0 Å². The van der Waals surface area contributed by atoms with Crippen LogP contribution in [-0.2, 0) is 4.74 Å². The van der Waals surface area contributed by atoms with Gasteiger partial charge in [-0.3, -0.25) is 4.79 Å². The summed E-state index contributed by atoms with van der Waals surface area (Å²) in [5.41, 5.74) is 2.23. The molecule has 0 spiro atoms. The molecule has 5 heteroatoms. The minimum absolute atomic E-state index is 0.209. The van der Waals surface area contributed by atoms with E-state index in [1.165, 1.54) is 13.2 Å². The molecule has 2 aromatic carbocycles. The van der Waals surface area contributed by atoms with Crippen molar-refractivity contribution in [2.24, 2.45) is 0 Å². The molecule has 0 atom stereocenters. The van der Waals surface area contributed by atoms with Crippen LogP contribution in [-0.4, -0.2) is 19.0 Å². The molecule has 0 heterocycles. The number of rotatable bonds is 3. The van der Waals surface area contributed by atoms with Crippen LogP contribution in [0.5, 0.6) is 0 Å². The van der Waals surface area contributed by atoms with Crippen LogP contribution >= 0.6 is 11.6 Å². The number of methoxy groups -OCH3 is 1. The van der Waals surface area contributed by atoms with Crippen LogP contribution < -0.4 is 5.32 Å². The van der Waals surface area contributed by atoms with E-state index in [1.54, 1.807) is 24.3 Å². The van der Waals surface area contributed by atoms with E-state index in [9.17, 15) is 9.59 Å². The van der Waals surface area contributed by atoms with Gasteiger partial charge >= 0.3 is 5.97 Å². The highest BCUT2D eigenvalue weighted by Gasteiger charge is 2.13. The van der Waals surface area contributed by atoms with Crippen LogP contribution in [0.15, 0.2) is 42.5 Å². The summed E-state index contributed by atoms with van der Waals surface area (Å²) in [4.78, 5) is 23.7. The molecule has 0 aliphatic heterocycles. The third-order valence-electron chi connectivity index (χ3n) is 2.91. The first-order valence-corrected chi connectivity index (χ1v) is 6.65. The van der Waals surface area contributed by atoms with Crippen LogP contribution in [0.1, 0.15) is 26.3 Å². The molecule has 1 N–H and O–H groups in total. The Morgan fingerprint density at radius 1 is 1.14 bits per heavy atom. The Morgan fingerprint density at radius 2 is 1.90 bits per heavy atom. The van der Waals surface area contributed by atoms with E-state index in [2.05, 4.69) is 10.1 Å². The molecular weight excluding hydrogens is 290 g/mol. The second-order valence-electron chi connectivity index (χ2n) is 4.51. The number of hydrogen-bond acceptors (Lipinski definition) is 3. The normalized spacial score (nSPS) is 10.0. The Morgan fingerprint density at radius 3 is 2.57 bits per heavy atom. The van der Waals surface area contributed by atoms with Crippen molar-refractivity contribution in [3.63, 3.8) is 0 Å². The Labute approximate surface area is 127 Å². The second kappa shape index (κ2) is 6.41. The van der Waals surface area contributed by atoms with Crippen molar-refractivity contribution in [3.05, 3.63) is 64.2 Å². The van der Waals surface area contributed by atoms with E-state index >= 15 is 0 Å². The van der Waals surface area contributed by atoms with E-state index < -0.39 is 5.97 Å². The number of carbonyl (C=O) groups excluding carboxylic acids is 2. The molecule has 0 fully saturated rings. The molecule has 0 aliphatic carbocycles. The largest absolute Gasteiger partial charge is 0.465 e. The van der Waals surface area contributed by atoms with Crippen molar-refractivity contribution in [2.75, 3.05) is 12.4 Å². The van der Waals surface area contributed by atoms with Crippen molar-refractivity contribution in [3.8, 4) is 0 Å². The van der Waals surface area contributed by atoms with Crippen molar-refractivity contribution in [1.29, 1.82) is 0 Å². The molecule has 4 nitrogen and oxygen atoms in total. The van der Waals surface area contributed by atoms with Gasteiger partial charge in [0, 0.05) is 11.3 Å². The zero-order valence-corrected chi connectivity index (χ0v) is 12.4. The molecule has 2 aromatic rings. The molecule has 0 saturated carbocycles. The number of aryl methyl sites for hydroxylation is 1. The van der Waals surface area contributed by atoms with E-state index in [4.69, 9.17) is 11.6 Å². The summed E-state index contributed by atoms with van der Waals surface area (Å²) in [5.74, 6) is -0.802. The first-order chi connectivity index (χ1) is 10.0. The first-order valence-electron chi connectivity index (χ1n) is 6.27. The van der Waals surface area contributed by atoms with Gasteiger partial charge in [0.1, 0.15) is 0 Å². The maximum atomic E-state index is 12.1. The lowest BCUT2D eigenvalue weighted by Crippen LogP contribution is -2.13. The number of benzene rings is 2. The number of ether oxygens (including phenoxy) is 1. The summed E-state index contributed by atoms with van der Waals surface area (Å²) in [6.45, 7) is 1.91. The maximum Gasteiger partial charge on any atom is 0.339 e. The summed E-state index contributed by atoms with van der Waals surface area (Å²) in [6, 6.07) is 11.9. The van der Waals surface area contributed by atoms with Gasteiger partial charge in [0.15, 0.2) is 0 Å². The molecule has 1 amide bonds. The molecule has 0 bridgehead atoms. The van der Waals surface area contributed by atoms with Crippen LogP contribution in [0.3, 0.4) is 0 Å². The highest BCUT2D eigenvalue weighted by atomic mass is 35.5. The van der Waals surface area contributed by atoms with Gasteiger partial charge in [-0.25, -0.2) is 4.79 Å². The van der Waals surface area contributed by atoms with Crippen LogP contribution in [0, 0.1) is 6.92 Å². The fourth-order valence-electron chi connectivity index (χ4n) is 1.86. The summed E-state index contributed by atoms with van der Waals surface area (Å²) >= 11 is 5.93. The average Bonchev–Trinajstić information content (AvgIpc) is 2.48. The quantitative estimate of drug-likeness (QED) is 0.880. The number of anilines is 1. The van der Waals surface area contributed by atoms with Gasteiger partial charge in [-0.2, -0.15) is 0 Å². The zero-order valence-electron chi connectivity index (χ0n) is 11.6. The molecule has 0 aliphatic rings. The van der Waals surface area contributed by atoms with E-state index in [-0.39, 0.29) is 16.5 Å². The van der Waals surface area contributed by atoms with Crippen LogP contribution in [0.4, 0.5) is 5.69 Å². The Bertz CT molecular complexity index is 698. The average molecular weight is 304 g/mol. The lowest BCUT2D eigenvalue weighted by atomic mass is 10.1. The third-order valence-corrected chi connectivity index (χ3v) is 3.24. The topological polar surface area (TPSA) is 55.4 Å². The summed E-state index contributed by atoms with van der Waals surface area (Å²) in [5, 5.41) is 3.00. The van der Waals surface area contributed by atoms with E-state index in [0.29, 0.717) is 11.3 Å². The van der Waals surface area contributed by atoms with Crippen molar-refractivity contribution in [2.45, 2.75) is 6.92 Å². The Hall–Kier alpha value is -2.33. The SMILES string of the molecule is COC(=O)c1cc(NC(=O)c2cccc(C)c2)ccc1Cl. The fraction of sp³-hybridized carbons (Fsp3) is 0.125. The molecule has 0 radical (unpaired) electrons. The van der Waals surface area contributed by atoms with Crippen molar-refractivity contribution >= 4 is 29.2 Å². The summed E-state index contributed by atoms with van der Waals surface area (Å²) < 4.78 is 4.64. The molecule has 21 heavy (non-hydrogen) atoms. The number of hydrogen-bond donors (Lipinski definition) is 1. The number of amides is 1. The zero-order chi connectivity index (χ0) is 15.4. The highest BCUT2D eigenvalue weighted by Crippen LogP contribution is 2.22. The predicted octanol–water partition coefficient (Wildman–Crippen LogP) is 3.69. The molecule has 0 unspecified atom stereocenters. The number of halogens is 1. The molecular formula is C16H14ClNO3. The van der Waals surface area contributed by atoms with Gasteiger partial charge < -0.3 is 10.1 Å². The lowest BCUT2D eigenvalue weighted by Gasteiger charge is -2.08. The lowest BCUT2D eigenvalue weighted by molar-refractivity contribution is 0.0600. The molecule has 2 rings (SSSR count). The number of carbonyl (C=O) groups is 2. The molecule has 108 valence electrons. The Balaban J connectivity index is 2.24. The number of esters is 1. The fourth-order valence-corrected chi connectivity index (χ4v) is 2.05. The smallest absolute Gasteiger partial charge is 0.339 e. The van der Waals surface area contributed by atoms with Crippen LogP contribution in [0.25, 0.3) is 0 Å². The third kappa shape index (κ3) is 3.61. The second-order valence-corrected chi connectivity index (χ2v) is 4.92. The highest BCUT2D eigenvalue weighted by molar-refractivity contribution is 6.33. The van der Waals surface area contributed by atoms with Gasteiger partial charge in [-0.05, 0) is 37.3 Å². The molecule has 0 saturated heterocycles. The van der Waals surface area contributed by atoms with Crippen molar-refractivity contribution < 1.29 is 14.3 Å². The predicted molar refractivity (Wildman–Crippen MR) is 81.9 cm³/mol. The van der Waals surface area contributed by atoms with Gasteiger partial charge in [0.05, 0.1) is 17.7 Å². The summed E-state index contributed by atoms with van der Waals surface area (Å²) in [6.07, 6.45) is 0.